The van der Waals surface area contributed by atoms with Gasteiger partial charge in [-0.3, -0.25) is 0 Å². The van der Waals surface area contributed by atoms with Crippen molar-refractivity contribution in [1.82, 2.24) is 15.3 Å². The molecule has 4 rings (SSSR count). The number of aromatic nitrogens is 2. The van der Waals surface area contributed by atoms with Crippen LogP contribution in [-0.4, -0.2) is 51.2 Å². The lowest BCUT2D eigenvalue weighted by Gasteiger charge is -2.30. The van der Waals surface area contributed by atoms with E-state index in [2.05, 4.69) is 31.9 Å². The number of alkyl halides is 5. The monoisotopic (exact) mass is 655 g/mol. The summed E-state index contributed by atoms with van der Waals surface area (Å²) in [5.41, 5.74) is 0.780. The molecule has 0 saturated carbocycles. The van der Waals surface area contributed by atoms with Gasteiger partial charge in [0.2, 0.25) is 5.95 Å². The van der Waals surface area contributed by atoms with E-state index in [1.165, 1.54) is 17.8 Å². The molecule has 2 heterocycles. The van der Waals surface area contributed by atoms with Gasteiger partial charge in [0.05, 0.1) is 22.8 Å². The van der Waals surface area contributed by atoms with Crippen LogP contribution in [0.15, 0.2) is 65.9 Å². The van der Waals surface area contributed by atoms with Crippen molar-refractivity contribution in [1.29, 1.82) is 0 Å². The molecule has 0 spiro atoms. The largest absolute Gasteiger partial charge is 0.460 e. The minimum atomic E-state index is -4.58. The quantitative estimate of drug-likeness (QED) is 0.136. The fourth-order valence-corrected chi connectivity index (χ4v) is 6.31. The molecule has 3 atom stereocenters. The Bertz CT molecular complexity index is 1550. The van der Waals surface area contributed by atoms with Gasteiger partial charge >= 0.3 is 6.18 Å². The van der Waals surface area contributed by atoms with Crippen molar-refractivity contribution in [2.45, 2.75) is 51.8 Å². The van der Waals surface area contributed by atoms with E-state index in [9.17, 15) is 26.2 Å². The highest BCUT2D eigenvalue weighted by atomic mass is 32.2. The minimum Gasteiger partial charge on any atom is -0.460 e. The Morgan fingerprint density at radius 2 is 1.95 bits per heavy atom. The number of piperidine rings is 1. The number of thioether (sulfide) groups is 1. The van der Waals surface area contributed by atoms with E-state index in [-0.39, 0.29) is 30.5 Å². The van der Waals surface area contributed by atoms with Crippen LogP contribution in [0.4, 0.5) is 33.6 Å². The Hall–Kier alpha value is -3.23. The molecule has 1 aliphatic rings. The third-order valence-electron chi connectivity index (χ3n) is 6.72. The molecule has 0 radical (unpaired) electrons. The zero-order valence-corrected chi connectivity index (χ0v) is 26.1. The molecule has 3 unspecified atom stereocenters. The first-order valence-corrected chi connectivity index (χ1v) is 16.1. The van der Waals surface area contributed by atoms with E-state index >= 15 is 0 Å². The fourth-order valence-electron chi connectivity index (χ4n) is 4.61. The third kappa shape index (κ3) is 9.14. The van der Waals surface area contributed by atoms with Crippen LogP contribution in [0.25, 0.3) is 15.7 Å². The van der Waals surface area contributed by atoms with Crippen molar-refractivity contribution in [2.24, 2.45) is 5.92 Å². The first-order valence-electron chi connectivity index (χ1n) is 13.9. The zero-order chi connectivity index (χ0) is 32.1. The zero-order valence-electron chi connectivity index (χ0n) is 24.4. The lowest BCUT2D eigenvalue weighted by molar-refractivity contribution is -0.105. The van der Waals surface area contributed by atoms with Crippen LogP contribution in [0, 0.1) is 5.92 Å². The lowest BCUT2D eigenvalue weighted by Crippen LogP contribution is -2.49. The van der Waals surface area contributed by atoms with Crippen molar-refractivity contribution >= 4 is 50.1 Å². The van der Waals surface area contributed by atoms with Gasteiger partial charge in [0, 0.05) is 41.9 Å². The second-order valence-electron chi connectivity index (χ2n) is 10.6. The highest BCUT2D eigenvalue weighted by molar-refractivity contribution is 8.11. The number of hydrogen-bond donors (Lipinski definition) is 3. The summed E-state index contributed by atoms with van der Waals surface area (Å²) in [5, 5.41) is 6.87. The number of ether oxygens (including phenoxy) is 1. The maximum atomic E-state index is 14.0. The van der Waals surface area contributed by atoms with Crippen LogP contribution in [0.3, 0.4) is 0 Å². The van der Waals surface area contributed by atoms with Gasteiger partial charge in [-0.15, -0.1) is 0 Å². The van der Waals surface area contributed by atoms with Crippen LogP contribution in [0.2, 0.25) is 0 Å². The Balaban J connectivity index is 1.73. The summed E-state index contributed by atoms with van der Waals surface area (Å²) in [5.74, 6) is -3.23. The number of fused-ring (bicyclic) bond motifs is 1. The molecule has 0 aliphatic carbocycles. The Morgan fingerprint density at radius 3 is 2.61 bits per heavy atom. The molecule has 0 amide bonds. The summed E-state index contributed by atoms with van der Waals surface area (Å²) in [4.78, 5) is 10.3. The second kappa shape index (κ2) is 14.2. The molecule has 0 bridgehead atoms. The predicted molar refractivity (Wildman–Crippen MR) is 168 cm³/mol. The van der Waals surface area contributed by atoms with Gasteiger partial charge in [-0.25, -0.2) is 23.0 Å². The molecule has 2 aromatic carbocycles. The molecule has 1 aliphatic heterocycles. The van der Waals surface area contributed by atoms with Crippen molar-refractivity contribution in [2.75, 3.05) is 28.9 Å². The molecule has 3 N–H and O–H groups in total. The number of hydrogen-bond acceptors (Lipinski definition) is 7. The molecule has 44 heavy (non-hydrogen) atoms. The molecule has 14 heteroatoms. The Kier molecular flexibility index (Phi) is 10.9. The number of anilines is 2. The van der Waals surface area contributed by atoms with Crippen molar-refractivity contribution in [3.05, 3.63) is 71.6 Å². The molecular weight excluding hydrogens is 621 g/mol. The van der Waals surface area contributed by atoms with Gasteiger partial charge in [-0.1, -0.05) is 56.5 Å². The van der Waals surface area contributed by atoms with Crippen molar-refractivity contribution < 1.29 is 30.9 Å². The van der Waals surface area contributed by atoms with E-state index in [0.717, 1.165) is 4.91 Å². The Labute approximate surface area is 259 Å². The van der Waals surface area contributed by atoms with E-state index in [0.29, 0.717) is 45.8 Å². The van der Waals surface area contributed by atoms with Gasteiger partial charge in [-0.05, 0) is 36.4 Å². The van der Waals surface area contributed by atoms with Gasteiger partial charge in [0.25, 0.3) is 5.92 Å². The average Bonchev–Trinajstić information content (AvgIpc) is 2.94. The first kappa shape index (κ1) is 33.7. The second-order valence-corrected chi connectivity index (χ2v) is 13.1. The lowest BCUT2D eigenvalue weighted by atomic mass is 10.0. The van der Waals surface area contributed by atoms with Gasteiger partial charge in [-0.2, -0.15) is 13.2 Å². The van der Waals surface area contributed by atoms with E-state index < -0.39 is 34.9 Å². The highest BCUT2D eigenvalue weighted by Gasteiger charge is 2.36. The van der Waals surface area contributed by atoms with E-state index in [4.69, 9.17) is 4.74 Å². The molecular formula is C30H34F5N5O2S2. The maximum Gasteiger partial charge on any atom is 0.402 e. The van der Waals surface area contributed by atoms with Gasteiger partial charge in [0.15, 0.2) is 0 Å². The standard InChI is InChI=1S/C30H34F5N5O2S2/c1-5-19(4)26(42-25-11-10-23(21-8-6-7-9-22(21)25)40-44(41)17-30(33,34)35)27(43-18(2)3)24-12-13-37-28(39-24)38-20-14-29(31,32)16-36-15-20/h6-13,19-20,36,40H,2,5,14-17H2,1,3-4H3,(H,37,38,39)/b27-26+. The molecule has 3 aromatic rings. The van der Waals surface area contributed by atoms with Crippen LogP contribution >= 0.6 is 11.8 Å². The van der Waals surface area contributed by atoms with Crippen molar-refractivity contribution in [3.8, 4) is 5.75 Å². The SMILES string of the molecule is C=C(C)S/C(=C(/Oc1ccc(NS(=O)CC(F)(F)F)c2ccccc12)C(C)CC)c1ccnc(NC2CNCC(F)(F)C2)n1. The van der Waals surface area contributed by atoms with Crippen molar-refractivity contribution in [3.63, 3.8) is 0 Å². The maximum absolute atomic E-state index is 14.0. The summed E-state index contributed by atoms with van der Waals surface area (Å²) in [6.45, 7) is 9.84. The molecule has 1 fully saturated rings. The van der Waals surface area contributed by atoms with Crippen LogP contribution in [-0.2, 0) is 11.0 Å². The van der Waals surface area contributed by atoms with E-state index in [1.54, 1.807) is 42.6 Å². The predicted octanol–water partition coefficient (Wildman–Crippen LogP) is 7.74. The minimum absolute atomic E-state index is 0.111. The molecule has 238 valence electrons. The molecule has 1 aromatic heterocycles. The summed E-state index contributed by atoms with van der Waals surface area (Å²) < 4.78 is 87.6. The number of rotatable bonds is 12. The van der Waals surface area contributed by atoms with E-state index in [1.807, 2.05) is 20.8 Å². The van der Waals surface area contributed by atoms with Gasteiger partial charge in [0.1, 0.15) is 28.2 Å². The average molecular weight is 656 g/mol. The molecule has 7 nitrogen and oxygen atoms in total. The van der Waals surface area contributed by atoms with Crippen LogP contribution in [0.5, 0.6) is 5.75 Å². The first-order chi connectivity index (χ1) is 20.7. The highest BCUT2D eigenvalue weighted by Crippen LogP contribution is 2.41. The smallest absolute Gasteiger partial charge is 0.402 e. The van der Waals surface area contributed by atoms with Gasteiger partial charge < -0.3 is 20.1 Å². The van der Waals surface area contributed by atoms with Crippen LogP contribution in [0.1, 0.15) is 39.3 Å². The number of benzene rings is 2. The summed E-state index contributed by atoms with van der Waals surface area (Å²) in [7, 11) is -2.38. The fraction of sp³-hybridized carbons (Fsp3) is 0.400. The third-order valence-corrected chi connectivity index (χ3v) is 8.72. The summed E-state index contributed by atoms with van der Waals surface area (Å²) in [6.07, 6.45) is -2.69. The van der Waals surface area contributed by atoms with Crippen LogP contribution < -0.4 is 20.1 Å². The Morgan fingerprint density at radius 1 is 1.23 bits per heavy atom. The topological polar surface area (TPSA) is 88.2 Å². The normalized spacial score (nSPS) is 18.7. The number of halogens is 5. The summed E-state index contributed by atoms with van der Waals surface area (Å²) in [6, 6.07) is 11.3. The number of nitrogens with one attached hydrogen (secondary N) is 3. The number of allylic oxidation sites excluding steroid dienone is 2. The summed E-state index contributed by atoms with van der Waals surface area (Å²) >= 11 is 1.35. The number of nitrogens with zero attached hydrogens (tertiary/aromatic N) is 2. The molecule has 1 saturated heterocycles.